The Balaban J connectivity index is 1.87. The fraction of sp³-hybridized carbons (Fsp3) is 0.167. The second-order valence-corrected chi connectivity index (χ2v) is 8.66. The minimum atomic E-state index is -1.45. The van der Waals surface area contributed by atoms with Gasteiger partial charge in [0.1, 0.15) is 18.0 Å². The summed E-state index contributed by atoms with van der Waals surface area (Å²) < 4.78 is 38.6. The maximum atomic E-state index is 14.3. The molecule has 0 saturated carbocycles. The van der Waals surface area contributed by atoms with Crippen molar-refractivity contribution in [3.8, 4) is 5.75 Å². The van der Waals surface area contributed by atoms with Crippen LogP contribution in [0, 0.1) is 11.6 Å². The predicted molar refractivity (Wildman–Crippen MR) is 135 cm³/mol. The zero-order chi connectivity index (χ0) is 25.6. The maximum absolute atomic E-state index is 14.3. The van der Waals surface area contributed by atoms with Gasteiger partial charge in [-0.05, 0) is 35.7 Å². The Morgan fingerprint density at radius 3 is 1.67 bits per heavy atom. The molecule has 4 aromatic rings. The van der Waals surface area contributed by atoms with Gasteiger partial charge in [-0.25, -0.2) is 13.6 Å². The van der Waals surface area contributed by atoms with E-state index in [-0.39, 0.29) is 12.4 Å². The van der Waals surface area contributed by atoms with Gasteiger partial charge in [-0.15, -0.1) is 0 Å². The van der Waals surface area contributed by atoms with E-state index in [0.717, 1.165) is 28.8 Å². The third-order valence-corrected chi connectivity index (χ3v) is 6.13. The number of hydrogen-bond acceptors (Lipinski definition) is 4. The van der Waals surface area contributed by atoms with Gasteiger partial charge in [-0.1, -0.05) is 91.0 Å². The number of methoxy groups -OCH3 is 1. The molecule has 0 aliphatic carbocycles. The van der Waals surface area contributed by atoms with E-state index in [4.69, 9.17) is 9.47 Å². The molecule has 6 heteroatoms. The van der Waals surface area contributed by atoms with Gasteiger partial charge < -0.3 is 9.47 Å². The summed E-state index contributed by atoms with van der Waals surface area (Å²) in [5, 5.41) is 3.55. The largest absolute Gasteiger partial charge is 0.488 e. The van der Waals surface area contributed by atoms with Crippen molar-refractivity contribution in [1.82, 2.24) is 5.32 Å². The monoisotopic (exact) mass is 487 g/mol. The van der Waals surface area contributed by atoms with E-state index in [1.807, 2.05) is 91.0 Å². The van der Waals surface area contributed by atoms with Crippen molar-refractivity contribution in [1.29, 1.82) is 0 Å². The first-order valence-electron chi connectivity index (χ1n) is 11.5. The van der Waals surface area contributed by atoms with Crippen LogP contribution in [0.4, 0.5) is 8.78 Å². The third-order valence-electron chi connectivity index (χ3n) is 6.13. The van der Waals surface area contributed by atoms with E-state index in [1.54, 1.807) is 6.92 Å². The summed E-state index contributed by atoms with van der Waals surface area (Å²) in [7, 11) is 1.29. The Morgan fingerprint density at radius 1 is 0.778 bits per heavy atom. The average molecular weight is 488 g/mol. The fourth-order valence-electron chi connectivity index (χ4n) is 4.38. The molecule has 0 aliphatic rings. The molecule has 0 unspecified atom stereocenters. The average Bonchev–Trinajstić information content (AvgIpc) is 2.92. The minimum absolute atomic E-state index is 0.168. The van der Waals surface area contributed by atoms with Crippen LogP contribution in [0.2, 0.25) is 0 Å². The highest BCUT2D eigenvalue weighted by Crippen LogP contribution is 2.39. The van der Waals surface area contributed by atoms with Crippen molar-refractivity contribution in [2.45, 2.75) is 18.0 Å². The second-order valence-electron chi connectivity index (χ2n) is 8.66. The number of benzene rings is 4. The number of rotatable bonds is 9. The van der Waals surface area contributed by atoms with Crippen molar-refractivity contribution in [3.63, 3.8) is 0 Å². The van der Waals surface area contributed by atoms with Crippen LogP contribution in [0.3, 0.4) is 0 Å². The van der Waals surface area contributed by atoms with Gasteiger partial charge in [0.15, 0.2) is 11.6 Å². The van der Waals surface area contributed by atoms with Gasteiger partial charge in [0, 0.05) is 6.07 Å². The van der Waals surface area contributed by atoms with Crippen LogP contribution in [0.5, 0.6) is 5.75 Å². The van der Waals surface area contributed by atoms with Crippen LogP contribution >= 0.6 is 0 Å². The summed E-state index contributed by atoms with van der Waals surface area (Å²) in [5.74, 6) is -2.34. The molecule has 0 aliphatic heterocycles. The highest BCUT2D eigenvalue weighted by molar-refractivity contribution is 5.81. The van der Waals surface area contributed by atoms with Crippen LogP contribution in [0.1, 0.15) is 23.6 Å². The van der Waals surface area contributed by atoms with Crippen molar-refractivity contribution in [3.05, 3.63) is 138 Å². The molecule has 0 radical (unpaired) electrons. The van der Waals surface area contributed by atoms with Crippen molar-refractivity contribution in [2.75, 3.05) is 13.7 Å². The first-order valence-corrected chi connectivity index (χ1v) is 11.5. The standard InChI is InChI=1S/C30H27F2NO3/c1-29(28(34)35-2,21-36-27-19-18-25(31)20-26(27)32)33-30(22-12-6-3-7-13-22,23-14-8-4-9-15-23)24-16-10-5-11-17-24/h3-20,33H,21H2,1-2H3/t29-/m1/s1. The predicted octanol–water partition coefficient (Wildman–Crippen LogP) is 5.86. The van der Waals surface area contributed by atoms with Crippen molar-refractivity contribution >= 4 is 5.97 Å². The van der Waals surface area contributed by atoms with Gasteiger partial charge in [-0.2, -0.15) is 0 Å². The van der Waals surface area contributed by atoms with Crippen LogP contribution < -0.4 is 10.1 Å². The SMILES string of the molecule is COC(=O)[C@@](C)(COc1ccc(F)cc1F)NC(c1ccccc1)(c1ccccc1)c1ccccc1. The maximum Gasteiger partial charge on any atom is 0.329 e. The summed E-state index contributed by atoms with van der Waals surface area (Å²) in [6.07, 6.45) is 0. The highest BCUT2D eigenvalue weighted by atomic mass is 19.1. The van der Waals surface area contributed by atoms with Gasteiger partial charge in [0.2, 0.25) is 0 Å². The van der Waals surface area contributed by atoms with Gasteiger partial charge in [0.05, 0.1) is 12.6 Å². The lowest BCUT2D eigenvalue weighted by Crippen LogP contribution is -2.63. The molecular formula is C30H27F2NO3. The van der Waals surface area contributed by atoms with Crippen LogP contribution in [0.25, 0.3) is 0 Å². The van der Waals surface area contributed by atoms with E-state index in [2.05, 4.69) is 5.32 Å². The highest BCUT2D eigenvalue weighted by Gasteiger charge is 2.47. The van der Waals surface area contributed by atoms with E-state index >= 15 is 0 Å². The topological polar surface area (TPSA) is 47.6 Å². The van der Waals surface area contributed by atoms with E-state index in [1.165, 1.54) is 13.2 Å². The molecule has 4 nitrogen and oxygen atoms in total. The molecule has 36 heavy (non-hydrogen) atoms. The molecule has 0 bridgehead atoms. The summed E-state index contributed by atoms with van der Waals surface area (Å²) in [4.78, 5) is 13.2. The first-order chi connectivity index (χ1) is 17.4. The van der Waals surface area contributed by atoms with E-state index in [0.29, 0.717) is 0 Å². The van der Waals surface area contributed by atoms with Crippen molar-refractivity contribution in [2.24, 2.45) is 0 Å². The van der Waals surface area contributed by atoms with Crippen LogP contribution in [0.15, 0.2) is 109 Å². The zero-order valence-corrected chi connectivity index (χ0v) is 20.1. The molecule has 0 fully saturated rings. The van der Waals surface area contributed by atoms with Crippen molar-refractivity contribution < 1.29 is 23.0 Å². The molecule has 0 heterocycles. The van der Waals surface area contributed by atoms with Gasteiger partial charge >= 0.3 is 5.97 Å². The molecular weight excluding hydrogens is 460 g/mol. The number of carbonyl (C=O) groups excluding carboxylic acids is 1. The smallest absolute Gasteiger partial charge is 0.329 e. The van der Waals surface area contributed by atoms with Crippen LogP contribution in [-0.4, -0.2) is 25.2 Å². The Morgan fingerprint density at radius 2 is 1.25 bits per heavy atom. The Kier molecular flexibility index (Phi) is 7.46. The second kappa shape index (κ2) is 10.7. The summed E-state index contributed by atoms with van der Waals surface area (Å²) in [6, 6.07) is 32.2. The molecule has 4 aromatic carbocycles. The Bertz CT molecular complexity index is 1200. The number of esters is 1. The normalized spacial score (nSPS) is 13.0. The summed E-state index contributed by atoms with van der Waals surface area (Å²) in [5.41, 5.74) is 0.190. The Hall–Kier alpha value is -4.03. The lowest BCUT2D eigenvalue weighted by atomic mass is 9.75. The molecule has 184 valence electrons. The fourth-order valence-corrected chi connectivity index (χ4v) is 4.38. The lowest BCUT2D eigenvalue weighted by molar-refractivity contribution is -0.150. The molecule has 0 aromatic heterocycles. The number of carbonyl (C=O) groups is 1. The Labute approximate surface area is 209 Å². The minimum Gasteiger partial charge on any atom is -0.488 e. The van der Waals surface area contributed by atoms with Gasteiger partial charge in [-0.3, -0.25) is 5.32 Å². The number of hydrogen-bond donors (Lipinski definition) is 1. The quantitative estimate of drug-likeness (QED) is 0.237. The molecule has 0 saturated heterocycles. The summed E-state index contributed by atoms with van der Waals surface area (Å²) in [6.45, 7) is 1.36. The number of halogens is 2. The number of ether oxygens (including phenoxy) is 2. The molecule has 1 atom stereocenters. The molecule has 1 N–H and O–H groups in total. The van der Waals surface area contributed by atoms with E-state index < -0.39 is 28.7 Å². The molecule has 0 amide bonds. The molecule has 0 spiro atoms. The third kappa shape index (κ3) is 4.99. The van der Waals surface area contributed by atoms with Crippen LogP contribution in [-0.2, 0) is 15.1 Å². The zero-order valence-electron chi connectivity index (χ0n) is 20.1. The van der Waals surface area contributed by atoms with Gasteiger partial charge in [0.25, 0.3) is 0 Å². The lowest BCUT2D eigenvalue weighted by Gasteiger charge is -2.43. The number of nitrogens with one attached hydrogen (secondary N) is 1. The molecule has 4 rings (SSSR count). The summed E-state index contributed by atoms with van der Waals surface area (Å²) >= 11 is 0. The van der Waals surface area contributed by atoms with E-state index in [9.17, 15) is 13.6 Å². The first kappa shape index (κ1) is 25.1.